The Morgan fingerprint density at radius 3 is 1.52 bits per heavy atom. The Kier molecular flexibility index (Phi) is 19.1. The summed E-state index contributed by atoms with van der Waals surface area (Å²) in [5, 5.41) is 2.94. The van der Waals surface area contributed by atoms with Gasteiger partial charge in [-0.1, -0.05) is 99.2 Å². The molecule has 0 radical (unpaired) electrons. The number of carbonyl (C=O) groups is 2. The number of hydrogen-bond acceptors (Lipinski definition) is 7. The predicted molar refractivity (Wildman–Crippen MR) is 271 cm³/mol. The first-order chi connectivity index (χ1) is 32.9. The summed E-state index contributed by atoms with van der Waals surface area (Å²) in [4.78, 5) is 35.2. The van der Waals surface area contributed by atoms with Gasteiger partial charge in [-0.15, -0.1) is 0 Å². The molecule has 1 N–H and O–H groups in total. The zero-order valence-electron chi connectivity index (χ0n) is 40.4. The van der Waals surface area contributed by atoms with E-state index in [0.29, 0.717) is 51.3 Å². The van der Waals surface area contributed by atoms with Gasteiger partial charge in [0.25, 0.3) is 0 Å². The minimum Gasteiger partial charge on any atom is -0.494 e. The topological polar surface area (TPSA) is 113 Å². The Morgan fingerprint density at radius 2 is 1.06 bits per heavy atom. The van der Waals surface area contributed by atoms with Crippen molar-refractivity contribution in [1.82, 2.24) is 29.3 Å². The number of aromatic nitrogens is 4. The highest BCUT2D eigenvalue weighted by Crippen LogP contribution is 2.38. The lowest BCUT2D eigenvalue weighted by Crippen LogP contribution is -2.24. The summed E-state index contributed by atoms with van der Waals surface area (Å²) in [5.41, 5.74) is 6.73. The molecule has 8 rings (SSSR count). The fourth-order valence-electron chi connectivity index (χ4n) is 9.58. The van der Waals surface area contributed by atoms with Gasteiger partial charge in [-0.2, -0.15) is 0 Å². The fourth-order valence-corrected chi connectivity index (χ4v) is 9.58. The number of nitrogens with zero attached hydrogens (tertiary/aromatic N) is 5. The van der Waals surface area contributed by atoms with Crippen molar-refractivity contribution in [3.05, 3.63) is 97.1 Å². The Labute approximate surface area is 398 Å². The van der Waals surface area contributed by atoms with Gasteiger partial charge in [0, 0.05) is 82.5 Å². The third-order valence-corrected chi connectivity index (χ3v) is 13.2. The minimum atomic E-state index is 0.123. The van der Waals surface area contributed by atoms with Crippen LogP contribution < -0.4 is 14.8 Å². The van der Waals surface area contributed by atoms with Crippen LogP contribution in [0.2, 0.25) is 0 Å². The van der Waals surface area contributed by atoms with Gasteiger partial charge in [0.2, 0.25) is 11.8 Å². The number of nitrogens with one attached hydrogen (secondary N) is 1. The van der Waals surface area contributed by atoms with Crippen LogP contribution in [0.15, 0.2) is 97.1 Å². The molecule has 2 aliphatic carbocycles. The second-order valence-electron chi connectivity index (χ2n) is 18.5. The van der Waals surface area contributed by atoms with E-state index in [-0.39, 0.29) is 11.8 Å². The van der Waals surface area contributed by atoms with Crippen LogP contribution in [-0.2, 0) is 14.3 Å². The molecule has 11 nitrogen and oxygen atoms in total. The number of carbonyl (C=O) groups excluding carboxylic acids is 2. The molecule has 2 saturated carbocycles. The first kappa shape index (κ1) is 49.2. The van der Waals surface area contributed by atoms with Crippen molar-refractivity contribution in [3.8, 4) is 34.3 Å². The highest BCUT2D eigenvalue weighted by molar-refractivity contribution is 5.83. The number of methoxy groups -OCH3 is 1. The standard InChI is InChI=1S/C29H39N3O3.C27H35N3O2/c1-34-20-11-19-30-28(33)16-9-4-10-21-35-25-17-18-26-27(22-25)32(24-14-7-3-8-15-24)29(31-26)23-12-5-2-6-13-23;1-29(2)26(31)16-10-5-11-19-32-23-17-18-24-25(20-23)30(22-14-8-4-9-15-22)27(28-24)21-12-6-3-7-13-21/h2,5-6,12-13,17-18,22,24H,3-4,7-11,14-16,19-21H2,1H3,(H,30,33);3,6-7,12-13,17-18,20,22H,4-5,8-11,14-16,19H2,1-2H3. The Balaban J connectivity index is 0.000000200. The molecule has 67 heavy (non-hydrogen) atoms. The SMILES string of the molecule is CN(C)C(=O)CCCCCOc1ccc2nc(-c3ccccc3)n(C3CCCCC3)c2c1.COCCCNC(=O)CCCCCOc1ccc2nc(-c3ccccc3)n(C3CCCCC3)c2c1. The van der Waals surface area contributed by atoms with Gasteiger partial charge in [0.15, 0.2) is 0 Å². The van der Waals surface area contributed by atoms with Crippen molar-refractivity contribution in [1.29, 1.82) is 0 Å². The predicted octanol–water partition coefficient (Wildman–Crippen LogP) is 12.5. The number of fused-ring (bicyclic) bond motifs is 2. The summed E-state index contributed by atoms with van der Waals surface area (Å²) >= 11 is 0. The van der Waals surface area contributed by atoms with Crippen LogP contribution in [0.4, 0.5) is 0 Å². The van der Waals surface area contributed by atoms with E-state index in [1.165, 1.54) is 86.4 Å². The normalized spacial score (nSPS) is 14.4. The van der Waals surface area contributed by atoms with Gasteiger partial charge in [-0.25, -0.2) is 9.97 Å². The number of rotatable bonds is 22. The molecular weight excluding hydrogens is 837 g/mol. The summed E-state index contributed by atoms with van der Waals surface area (Å²) in [5.74, 6) is 4.24. The number of ether oxygens (including phenoxy) is 3. The van der Waals surface area contributed by atoms with E-state index in [2.05, 4.69) is 99.4 Å². The molecule has 2 aliphatic rings. The smallest absolute Gasteiger partial charge is 0.222 e. The second kappa shape index (κ2) is 26.0. The van der Waals surface area contributed by atoms with Crippen LogP contribution >= 0.6 is 0 Å². The lowest BCUT2D eigenvalue weighted by atomic mass is 9.95. The molecule has 0 unspecified atom stereocenters. The number of unbranched alkanes of at least 4 members (excludes halogenated alkanes) is 4. The number of amides is 2. The van der Waals surface area contributed by atoms with Gasteiger partial charge < -0.3 is 33.6 Å². The summed E-state index contributed by atoms with van der Waals surface area (Å²) in [6.07, 6.45) is 20.3. The van der Waals surface area contributed by atoms with E-state index in [0.717, 1.165) is 79.1 Å². The molecule has 2 amide bonds. The average Bonchev–Trinajstić information content (AvgIpc) is 3.95. The van der Waals surface area contributed by atoms with E-state index < -0.39 is 0 Å². The highest BCUT2D eigenvalue weighted by Gasteiger charge is 2.24. The van der Waals surface area contributed by atoms with E-state index in [9.17, 15) is 9.59 Å². The summed E-state index contributed by atoms with van der Waals surface area (Å²) in [6, 6.07) is 34.6. The molecule has 0 bridgehead atoms. The molecule has 2 aromatic heterocycles. The largest absolute Gasteiger partial charge is 0.494 e. The molecule has 2 fully saturated rings. The molecule has 358 valence electrons. The molecule has 0 spiro atoms. The molecular formula is C56H74N6O5. The minimum absolute atomic E-state index is 0.123. The lowest BCUT2D eigenvalue weighted by molar-refractivity contribution is -0.128. The molecule has 6 aromatic rings. The van der Waals surface area contributed by atoms with Gasteiger partial charge >= 0.3 is 0 Å². The van der Waals surface area contributed by atoms with Gasteiger partial charge in [0.05, 0.1) is 35.3 Å². The quantitative estimate of drug-likeness (QED) is 0.0675. The van der Waals surface area contributed by atoms with Crippen molar-refractivity contribution in [2.75, 3.05) is 47.6 Å². The maximum absolute atomic E-state index is 11.9. The van der Waals surface area contributed by atoms with Crippen molar-refractivity contribution >= 4 is 33.9 Å². The van der Waals surface area contributed by atoms with Crippen LogP contribution in [-0.4, -0.2) is 83.4 Å². The van der Waals surface area contributed by atoms with E-state index in [4.69, 9.17) is 24.2 Å². The van der Waals surface area contributed by atoms with Gasteiger partial charge in [0.1, 0.15) is 23.1 Å². The fraction of sp³-hybridized carbons (Fsp3) is 0.500. The molecule has 2 heterocycles. The summed E-state index contributed by atoms with van der Waals surface area (Å²) < 4.78 is 22.1. The molecule has 11 heteroatoms. The van der Waals surface area contributed by atoms with Crippen LogP contribution in [0.25, 0.3) is 44.8 Å². The zero-order valence-corrected chi connectivity index (χ0v) is 40.4. The Bertz CT molecular complexity index is 2420. The van der Waals surface area contributed by atoms with Gasteiger partial charge in [-0.3, -0.25) is 9.59 Å². The van der Waals surface area contributed by atoms with E-state index in [1.54, 1.807) is 12.0 Å². The van der Waals surface area contributed by atoms with Gasteiger partial charge in [-0.05, 0) is 94.9 Å². The maximum Gasteiger partial charge on any atom is 0.222 e. The third-order valence-electron chi connectivity index (χ3n) is 13.2. The Hall–Kier alpha value is -5.68. The van der Waals surface area contributed by atoms with Crippen molar-refractivity contribution < 1.29 is 23.8 Å². The van der Waals surface area contributed by atoms with Crippen LogP contribution in [0.1, 0.15) is 134 Å². The maximum atomic E-state index is 11.9. The van der Waals surface area contributed by atoms with Crippen LogP contribution in [0, 0.1) is 0 Å². The number of hydrogen-bond donors (Lipinski definition) is 1. The lowest BCUT2D eigenvalue weighted by Gasteiger charge is -2.25. The highest BCUT2D eigenvalue weighted by atomic mass is 16.5. The van der Waals surface area contributed by atoms with E-state index >= 15 is 0 Å². The first-order valence-corrected chi connectivity index (χ1v) is 25.3. The molecule has 0 atom stereocenters. The van der Waals surface area contributed by atoms with Crippen molar-refractivity contribution in [3.63, 3.8) is 0 Å². The van der Waals surface area contributed by atoms with Crippen molar-refractivity contribution in [2.45, 2.75) is 134 Å². The van der Waals surface area contributed by atoms with E-state index in [1.807, 2.05) is 26.2 Å². The van der Waals surface area contributed by atoms with Crippen LogP contribution in [0.5, 0.6) is 11.5 Å². The first-order valence-electron chi connectivity index (χ1n) is 25.3. The summed E-state index contributed by atoms with van der Waals surface area (Å²) in [7, 11) is 5.29. The molecule has 0 aliphatic heterocycles. The number of imidazole rings is 2. The molecule has 4 aromatic carbocycles. The average molecular weight is 911 g/mol. The monoisotopic (exact) mass is 911 g/mol. The Morgan fingerprint density at radius 1 is 0.582 bits per heavy atom. The number of benzene rings is 4. The molecule has 0 saturated heterocycles. The third kappa shape index (κ3) is 14.2. The second-order valence-corrected chi connectivity index (χ2v) is 18.5. The van der Waals surface area contributed by atoms with Crippen molar-refractivity contribution in [2.24, 2.45) is 0 Å². The van der Waals surface area contributed by atoms with Crippen LogP contribution in [0.3, 0.4) is 0 Å². The zero-order chi connectivity index (χ0) is 46.6. The summed E-state index contributed by atoms with van der Waals surface area (Å²) in [6.45, 7) is 2.69.